The molecule has 9 nitrogen and oxygen atoms in total. The van der Waals surface area contributed by atoms with Crippen molar-refractivity contribution in [2.75, 3.05) is 23.2 Å². The van der Waals surface area contributed by atoms with Crippen LogP contribution in [0.1, 0.15) is 15.9 Å². The highest BCUT2D eigenvalue weighted by Gasteiger charge is 2.19. The number of amides is 1. The maximum Gasteiger partial charge on any atom is 0.273 e. The van der Waals surface area contributed by atoms with E-state index in [-0.39, 0.29) is 11.5 Å². The van der Waals surface area contributed by atoms with Crippen LogP contribution in [0, 0.1) is 0 Å². The number of benzene rings is 2. The molecular weight excluding hydrogens is 418 g/mol. The molecule has 166 valence electrons. The predicted molar refractivity (Wildman–Crippen MR) is 127 cm³/mol. The molecule has 9 heteroatoms. The Hall–Kier alpha value is -4.66. The number of pyridine rings is 1. The van der Waals surface area contributed by atoms with Crippen molar-refractivity contribution < 1.29 is 9.53 Å². The molecule has 0 saturated carbocycles. The quantitative estimate of drug-likeness (QED) is 0.355. The number of aromatic nitrogens is 3. The molecule has 0 atom stereocenters. The fourth-order valence-corrected chi connectivity index (χ4v) is 3.26. The lowest BCUT2D eigenvalue weighted by Crippen LogP contribution is -2.31. The fraction of sp³-hybridized carbons (Fsp3) is 0.0833. The molecule has 4 N–H and O–H groups in total. The van der Waals surface area contributed by atoms with Gasteiger partial charge in [-0.25, -0.2) is 15.0 Å². The van der Waals surface area contributed by atoms with Gasteiger partial charge in [0.2, 0.25) is 0 Å². The molecule has 4 rings (SSSR count). The van der Waals surface area contributed by atoms with Crippen molar-refractivity contribution in [1.82, 2.24) is 20.4 Å². The second-order valence-corrected chi connectivity index (χ2v) is 7.00. The van der Waals surface area contributed by atoms with Gasteiger partial charge in [-0.1, -0.05) is 48.5 Å². The van der Waals surface area contributed by atoms with E-state index in [0.29, 0.717) is 29.5 Å². The Kier molecular flexibility index (Phi) is 6.60. The number of nitrogen functional groups attached to an aromatic ring is 1. The molecule has 0 unspecified atom stereocenters. The fourth-order valence-electron chi connectivity index (χ4n) is 3.26. The summed E-state index contributed by atoms with van der Waals surface area (Å²) in [5.74, 6) is 1.46. The minimum absolute atomic E-state index is 0.261. The Balaban J connectivity index is 1.60. The van der Waals surface area contributed by atoms with E-state index in [1.807, 2.05) is 53.4 Å². The van der Waals surface area contributed by atoms with Crippen LogP contribution >= 0.6 is 0 Å². The Bertz CT molecular complexity index is 1220. The van der Waals surface area contributed by atoms with Crippen molar-refractivity contribution in [1.29, 1.82) is 0 Å². The maximum absolute atomic E-state index is 12.6. The largest absolute Gasteiger partial charge is 0.496 e. The summed E-state index contributed by atoms with van der Waals surface area (Å²) in [5.41, 5.74) is 13.5. The molecule has 0 aliphatic heterocycles. The van der Waals surface area contributed by atoms with E-state index in [1.54, 1.807) is 30.5 Å². The Labute approximate surface area is 191 Å². The molecule has 2 aromatic carbocycles. The number of methoxy groups -OCH3 is 1. The minimum atomic E-state index is -0.391. The maximum atomic E-state index is 12.6. The molecule has 0 bridgehead atoms. The van der Waals surface area contributed by atoms with Gasteiger partial charge in [-0.05, 0) is 29.8 Å². The Morgan fingerprint density at radius 3 is 2.48 bits per heavy atom. The molecule has 1 amide bonds. The van der Waals surface area contributed by atoms with Crippen LogP contribution in [0.5, 0.6) is 5.75 Å². The van der Waals surface area contributed by atoms with Gasteiger partial charge in [-0.3, -0.25) is 15.6 Å². The summed E-state index contributed by atoms with van der Waals surface area (Å²) in [6.07, 6.45) is 3.08. The van der Waals surface area contributed by atoms with Crippen LogP contribution in [0.25, 0.3) is 0 Å². The van der Waals surface area contributed by atoms with Gasteiger partial charge in [0, 0.05) is 6.20 Å². The lowest BCUT2D eigenvalue weighted by Gasteiger charge is -2.25. The summed E-state index contributed by atoms with van der Waals surface area (Å²) in [6.45, 7) is 0.492. The van der Waals surface area contributed by atoms with Crippen LogP contribution in [-0.2, 0) is 6.54 Å². The standard InChI is InChI=1S/C24H23N7O2/c1-33-19-12-6-5-11-18(19)24(32)30-29-22-21(25)23(28-16-27-22)31(20-13-7-8-14-26-20)15-17-9-3-2-4-10-17/h2-14,16H,15,25H2,1H3,(H,30,32)(H,27,28,29). The second kappa shape index (κ2) is 10.1. The van der Waals surface area contributed by atoms with Gasteiger partial charge >= 0.3 is 0 Å². The lowest BCUT2D eigenvalue weighted by atomic mass is 10.2. The second-order valence-electron chi connectivity index (χ2n) is 7.00. The number of para-hydroxylation sites is 1. The molecule has 33 heavy (non-hydrogen) atoms. The highest BCUT2D eigenvalue weighted by molar-refractivity contribution is 5.97. The Morgan fingerprint density at radius 1 is 0.970 bits per heavy atom. The van der Waals surface area contributed by atoms with Crippen LogP contribution in [-0.4, -0.2) is 28.0 Å². The van der Waals surface area contributed by atoms with Crippen LogP contribution < -0.4 is 26.2 Å². The van der Waals surface area contributed by atoms with E-state index in [0.717, 1.165) is 5.56 Å². The lowest BCUT2D eigenvalue weighted by molar-refractivity contribution is 0.0959. The summed E-state index contributed by atoms with van der Waals surface area (Å²) in [4.78, 5) is 27.6. The summed E-state index contributed by atoms with van der Waals surface area (Å²) < 4.78 is 5.25. The van der Waals surface area contributed by atoms with Crippen molar-refractivity contribution in [3.63, 3.8) is 0 Å². The van der Waals surface area contributed by atoms with Crippen molar-refractivity contribution in [3.05, 3.63) is 96.4 Å². The first-order valence-electron chi connectivity index (χ1n) is 10.2. The average molecular weight is 441 g/mol. The number of nitrogens with two attached hydrogens (primary N) is 1. The molecule has 0 radical (unpaired) electrons. The van der Waals surface area contributed by atoms with Crippen molar-refractivity contribution in [3.8, 4) is 5.75 Å². The monoisotopic (exact) mass is 441 g/mol. The number of ether oxygens (including phenoxy) is 1. The third-order valence-corrected chi connectivity index (χ3v) is 4.87. The van der Waals surface area contributed by atoms with Gasteiger partial charge in [-0.2, -0.15) is 0 Å². The van der Waals surface area contributed by atoms with Gasteiger partial charge < -0.3 is 15.4 Å². The highest BCUT2D eigenvalue weighted by atomic mass is 16.5. The molecular formula is C24H23N7O2. The molecule has 0 spiro atoms. The van der Waals surface area contributed by atoms with Crippen molar-refractivity contribution in [2.45, 2.75) is 6.54 Å². The zero-order chi connectivity index (χ0) is 23.0. The minimum Gasteiger partial charge on any atom is -0.496 e. The number of hydrogen-bond donors (Lipinski definition) is 3. The van der Waals surface area contributed by atoms with E-state index < -0.39 is 5.91 Å². The Morgan fingerprint density at radius 2 is 1.73 bits per heavy atom. The molecule has 0 aliphatic rings. The van der Waals surface area contributed by atoms with E-state index >= 15 is 0 Å². The van der Waals surface area contributed by atoms with E-state index in [9.17, 15) is 4.79 Å². The average Bonchev–Trinajstić information content (AvgIpc) is 2.88. The van der Waals surface area contributed by atoms with E-state index in [4.69, 9.17) is 10.5 Å². The number of hydrazine groups is 1. The summed E-state index contributed by atoms with van der Waals surface area (Å²) in [7, 11) is 1.51. The summed E-state index contributed by atoms with van der Waals surface area (Å²) in [6, 6.07) is 22.4. The third-order valence-electron chi connectivity index (χ3n) is 4.87. The number of rotatable bonds is 8. The predicted octanol–water partition coefficient (Wildman–Crippen LogP) is 3.56. The van der Waals surface area contributed by atoms with Crippen molar-refractivity contribution in [2.24, 2.45) is 0 Å². The van der Waals surface area contributed by atoms with Gasteiger partial charge in [0.15, 0.2) is 11.6 Å². The van der Waals surface area contributed by atoms with Crippen LogP contribution in [0.4, 0.5) is 23.1 Å². The van der Waals surface area contributed by atoms with Gasteiger partial charge in [0.1, 0.15) is 23.6 Å². The first-order chi connectivity index (χ1) is 16.2. The molecule has 2 aromatic heterocycles. The molecule has 2 heterocycles. The first kappa shape index (κ1) is 21.6. The van der Waals surface area contributed by atoms with Crippen LogP contribution in [0.15, 0.2) is 85.3 Å². The summed E-state index contributed by atoms with van der Waals surface area (Å²) in [5, 5.41) is 0. The number of carbonyl (C=O) groups excluding carboxylic acids is 1. The van der Waals surface area contributed by atoms with E-state index in [1.165, 1.54) is 13.4 Å². The van der Waals surface area contributed by atoms with Gasteiger partial charge in [0.25, 0.3) is 5.91 Å². The normalized spacial score (nSPS) is 10.3. The number of carbonyl (C=O) groups is 1. The van der Waals surface area contributed by atoms with Crippen LogP contribution in [0.3, 0.4) is 0 Å². The molecule has 0 fully saturated rings. The topological polar surface area (TPSA) is 118 Å². The molecule has 0 aliphatic carbocycles. The first-order valence-corrected chi connectivity index (χ1v) is 10.2. The van der Waals surface area contributed by atoms with E-state index in [2.05, 4.69) is 25.8 Å². The summed E-state index contributed by atoms with van der Waals surface area (Å²) >= 11 is 0. The van der Waals surface area contributed by atoms with Crippen LogP contribution in [0.2, 0.25) is 0 Å². The number of anilines is 4. The highest BCUT2D eigenvalue weighted by Crippen LogP contribution is 2.32. The zero-order valence-corrected chi connectivity index (χ0v) is 18.0. The van der Waals surface area contributed by atoms with Crippen molar-refractivity contribution >= 4 is 29.0 Å². The van der Waals surface area contributed by atoms with Gasteiger partial charge in [0.05, 0.1) is 19.2 Å². The smallest absolute Gasteiger partial charge is 0.273 e. The van der Waals surface area contributed by atoms with Gasteiger partial charge in [-0.15, -0.1) is 0 Å². The number of nitrogens with one attached hydrogen (secondary N) is 2. The molecule has 0 saturated heterocycles. The third kappa shape index (κ3) is 4.99. The zero-order valence-electron chi connectivity index (χ0n) is 18.0. The molecule has 4 aromatic rings. The number of hydrogen-bond acceptors (Lipinski definition) is 8. The number of nitrogens with zero attached hydrogens (tertiary/aromatic N) is 4. The SMILES string of the molecule is COc1ccccc1C(=O)NNc1ncnc(N(Cc2ccccc2)c2ccccn2)c1N.